The summed E-state index contributed by atoms with van der Waals surface area (Å²) < 4.78 is 23.6. The number of hydrogen-bond donors (Lipinski definition) is 3. The van der Waals surface area contributed by atoms with Crippen molar-refractivity contribution < 1.29 is 32.9 Å². The lowest BCUT2D eigenvalue weighted by Crippen LogP contribution is -2.45. The standard InChI is InChI=1S/C62H109N2O6P/c1-6-8-10-12-14-16-18-20-21-22-23-24-25-26-27-28-29-30-31-32-33-34-35-36-37-38-39-40-41-42-43-44-46-48-50-52-54-56-62(66)63-60(59-70-71(67,68)69-58-57-64(3,4)5)61(65)55-53-51-49-47-45-19-17-15-13-11-9-7-2/h8,10,14,16,20-21,23-24,26-27,29-30,32-33,45,47,53,55,60-61,65H,6-7,9,11-13,15,17-19,22,25,28,31,34-44,46,48-52,54,56-59H2,1-5H3,(H-,63,66,67,68)/p+1/b10-8-,16-14-,21-20-,24-23-,27-26-,30-29-,33-32-,47-45+,55-53+. The molecule has 0 radical (unpaired) electrons. The predicted octanol–water partition coefficient (Wildman–Crippen LogP) is 17.6. The zero-order valence-electron chi connectivity index (χ0n) is 46.4. The molecule has 408 valence electrons. The second-order valence-corrected chi connectivity index (χ2v) is 21.7. The molecule has 1 amide bonds. The SMILES string of the molecule is CC/C=C\C/C=C\C/C=C\C/C=C\C/C=C\C/C=C\C/C=C\CCCCCCCCCCCCCCCCCC(=O)NC(COP(=O)(O)OCC[N+](C)(C)C)C(O)/C=C/CC/C=C/CCCCCCCC. The number of quaternary nitrogens is 1. The van der Waals surface area contributed by atoms with Crippen LogP contribution in [-0.4, -0.2) is 73.4 Å². The summed E-state index contributed by atoms with van der Waals surface area (Å²) in [6.45, 7) is 4.65. The number of phosphoric ester groups is 1. The van der Waals surface area contributed by atoms with Gasteiger partial charge in [-0.2, -0.15) is 0 Å². The number of nitrogens with one attached hydrogen (secondary N) is 1. The van der Waals surface area contributed by atoms with E-state index >= 15 is 0 Å². The molecule has 0 aromatic carbocycles. The summed E-state index contributed by atoms with van der Waals surface area (Å²) in [7, 11) is 1.54. The van der Waals surface area contributed by atoms with Gasteiger partial charge in [0.1, 0.15) is 13.2 Å². The van der Waals surface area contributed by atoms with E-state index in [1.165, 1.54) is 122 Å². The second-order valence-electron chi connectivity index (χ2n) is 20.3. The first-order chi connectivity index (χ1) is 34.5. The van der Waals surface area contributed by atoms with Crippen LogP contribution in [0.2, 0.25) is 0 Å². The molecule has 3 unspecified atom stereocenters. The van der Waals surface area contributed by atoms with E-state index in [9.17, 15) is 19.4 Å². The van der Waals surface area contributed by atoms with Gasteiger partial charge in [-0.15, -0.1) is 0 Å². The molecule has 8 nitrogen and oxygen atoms in total. The molecule has 0 fully saturated rings. The smallest absolute Gasteiger partial charge is 0.387 e. The number of allylic oxidation sites excluding steroid dienone is 17. The third-order valence-corrected chi connectivity index (χ3v) is 13.2. The minimum atomic E-state index is -4.35. The molecule has 0 saturated carbocycles. The summed E-state index contributed by atoms with van der Waals surface area (Å²) in [6.07, 6.45) is 76.3. The molecule has 0 aliphatic rings. The Bertz CT molecular complexity index is 1520. The van der Waals surface area contributed by atoms with E-state index in [1.54, 1.807) is 6.08 Å². The van der Waals surface area contributed by atoms with Crippen molar-refractivity contribution in [2.24, 2.45) is 0 Å². The normalized spacial score (nSPS) is 14.7. The lowest BCUT2D eigenvalue weighted by atomic mass is 10.0. The number of rotatable bonds is 51. The fraction of sp³-hybridized carbons (Fsp3) is 0.694. The monoisotopic (exact) mass is 1010 g/mol. The number of amides is 1. The van der Waals surface area contributed by atoms with Crippen molar-refractivity contribution in [3.63, 3.8) is 0 Å². The van der Waals surface area contributed by atoms with Crippen LogP contribution < -0.4 is 5.32 Å². The summed E-state index contributed by atoms with van der Waals surface area (Å²) >= 11 is 0. The second kappa shape index (κ2) is 52.0. The van der Waals surface area contributed by atoms with Gasteiger partial charge in [0.05, 0.1) is 39.9 Å². The Kier molecular flexibility index (Phi) is 50.0. The Balaban J connectivity index is 4.04. The first kappa shape index (κ1) is 68.2. The van der Waals surface area contributed by atoms with Crippen LogP contribution in [0.4, 0.5) is 0 Å². The van der Waals surface area contributed by atoms with Gasteiger partial charge in [-0.25, -0.2) is 4.57 Å². The van der Waals surface area contributed by atoms with E-state index < -0.39 is 20.0 Å². The zero-order valence-corrected chi connectivity index (χ0v) is 47.3. The van der Waals surface area contributed by atoms with E-state index in [-0.39, 0.29) is 19.1 Å². The number of likely N-dealkylation sites (N-methyl/N-ethyl adjacent to an activating group) is 1. The number of aliphatic hydroxyl groups excluding tert-OH is 1. The van der Waals surface area contributed by atoms with Crippen molar-refractivity contribution in [1.82, 2.24) is 5.32 Å². The van der Waals surface area contributed by atoms with Gasteiger partial charge >= 0.3 is 7.82 Å². The van der Waals surface area contributed by atoms with Crippen LogP contribution in [0.5, 0.6) is 0 Å². The van der Waals surface area contributed by atoms with E-state index in [1.807, 2.05) is 27.2 Å². The summed E-state index contributed by atoms with van der Waals surface area (Å²) in [4.78, 5) is 23.2. The van der Waals surface area contributed by atoms with Crippen LogP contribution >= 0.6 is 7.82 Å². The van der Waals surface area contributed by atoms with Gasteiger partial charge in [-0.1, -0.05) is 239 Å². The maximum Gasteiger partial charge on any atom is 0.472 e. The molecule has 0 rings (SSSR count). The number of aliphatic hydroxyl groups is 1. The average molecular weight is 1010 g/mol. The van der Waals surface area contributed by atoms with Gasteiger partial charge in [-0.05, 0) is 89.9 Å². The molecular weight excluding hydrogens is 900 g/mol. The van der Waals surface area contributed by atoms with Crippen LogP contribution in [0.25, 0.3) is 0 Å². The Hall–Kier alpha value is -2.84. The van der Waals surface area contributed by atoms with Gasteiger partial charge < -0.3 is 19.8 Å². The lowest BCUT2D eigenvalue weighted by Gasteiger charge is -2.25. The fourth-order valence-electron chi connectivity index (χ4n) is 7.74. The first-order valence-corrected chi connectivity index (χ1v) is 30.3. The number of carbonyl (C=O) groups is 1. The van der Waals surface area contributed by atoms with Crippen molar-refractivity contribution in [2.45, 2.75) is 238 Å². The molecule has 0 heterocycles. The van der Waals surface area contributed by atoms with Crippen molar-refractivity contribution in [1.29, 1.82) is 0 Å². The maximum absolute atomic E-state index is 12.9. The summed E-state index contributed by atoms with van der Waals surface area (Å²) in [6, 6.07) is -0.867. The number of hydrogen-bond acceptors (Lipinski definition) is 5. The number of carbonyl (C=O) groups excluding carboxylic acids is 1. The highest BCUT2D eigenvalue weighted by molar-refractivity contribution is 7.47. The minimum absolute atomic E-state index is 0.0524. The largest absolute Gasteiger partial charge is 0.472 e. The van der Waals surface area contributed by atoms with Crippen LogP contribution in [0.3, 0.4) is 0 Å². The highest BCUT2D eigenvalue weighted by Crippen LogP contribution is 2.43. The van der Waals surface area contributed by atoms with Gasteiger partial charge in [-0.3, -0.25) is 13.8 Å². The summed E-state index contributed by atoms with van der Waals surface area (Å²) in [5.41, 5.74) is 0. The molecule has 71 heavy (non-hydrogen) atoms. The predicted molar refractivity (Wildman–Crippen MR) is 309 cm³/mol. The van der Waals surface area contributed by atoms with E-state index in [0.29, 0.717) is 17.4 Å². The first-order valence-electron chi connectivity index (χ1n) is 28.8. The molecule has 3 N–H and O–H groups in total. The molecule has 0 spiro atoms. The molecule has 0 aliphatic carbocycles. The highest BCUT2D eigenvalue weighted by Gasteiger charge is 2.27. The maximum atomic E-state index is 12.9. The van der Waals surface area contributed by atoms with Crippen molar-refractivity contribution in [3.05, 3.63) is 109 Å². The van der Waals surface area contributed by atoms with Crippen LogP contribution in [-0.2, 0) is 18.4 Å². The molecule has 9 heteroatoms. The van der Waals surface area contributed by atoms with Gasteiger partial charge in [0.15, 0.2) is 0 Å². The quantitative estimate of drug-likeness (QED) is 0.0243. The molecule has 0 aliphatic heterocycles. The van der Waals surface area contributed by atoms with Crippen LogP contribution in [0.15, 0.2) is 109 Å². The molecule has 0 bridgehead atoms. The third-order valence-electron chi connectivity index (χ3n) is 12.2. The molecular formula is C62H110N2O6P+. The fourth-order valence-corrected chi connectivity index (χ4v) is 8.48. The van der Waals surface area contributed by atoms with Gasteiger partial charge in [0.2, 0.25) is 5.91 Å². The zero-order chi connectivity index (χ0) is 52.0. The van der Waals surface area contributed by atoms with Crippen molar-refractivity contribution in [3.8, 4) is 0 Å². The Morgan fingerprint density at radius 2 is 0.859 bits per heavy atom. The lowest BCUT2D eigenvalue weighted by molar-refractivity contribution is -0.870. The Morgan fingerprint density at radius 1 is 0.493 bits per heavy atom. The van der Waals surface area contributed by atoms with E-state index in [2.05, 4.69) is 116 Å². The number of phosphoric acid groups is 1. The van der Waals surface area contributed by atoms with Crippen LogP contribution in [0, 0.1) is 0 Å². The van der Waals surface area contributed by atoms with Crippen LogP contribution in [0.1, 0.15) is 226 Å². The minimum Gasteiger partial charge on any atom is -0.387 e. The van der Waals surface area contributed by atoms with Gasteiger partial charge in [0, 0.05) is 6.42 Å². The Labute approximate surface area is 438 Å². The summed E-state index contributed by atoms with van der Waals surface area (Å²) in [5.74, 6) is -0.192. The van der Waals surface area contributed by atoms with Gasteiger partial charge in [0.25, 0.3) is 0 Å². The highest BCUT2D eigenvalue weighted by atomic mass is 31.2. The third kappa shape index (κ3) is 54.8. The average Bonchev–Trinajstić information content (AvgIpc) is 3.33. The number of unbranched alkanes of at least 4 members (excludes halogenated alkanes) is 22. The number of nitrogens with zero attached hydrogens (tertiary/aromatic N) is 1. The van der Waals surface area contributed by atoms with Crippen molar-refractivity contribution in [2.75, 3.05) is 40.9 Å². The molecule has 0 aromatic heterocycles. The van der Waals surface area contributed by atoms with E-state index in [4.69, 9.17) is 9.05 Å². The topological polar surface area (TPSA) is 105 Å². The molecule has 0 aromatic rings. The van der Waals surface area contributed by atoms with Crippen molar-refractivity contribution >= 4 is 13.7 Å². The Morgan fingerprint density at radius 3 is 1.30 bits per heavy atom. The molecule has 0 saturated heterocycles. The molecule has 3 atom stereocenters. The summed E-state index contributed by atoms with van der Waals surface area (Å²) in [5, 5.41) is 13.8. The van der Waals surface area contributed by atoms with E-state index in [0.717, 1.165) is 83.5 Å².